The lowest BCUT2D eigenvalue weighted by Crippen LogP contribution is -1.92. The van der Waals surface area contributed by atoms with Gasteiger partial charge < -0.3 is 5.73 Å². The molecule has 0 aliphatic carbocycles. The van der Waals surface area contributed by atoms with Crippen molar-refractivity contribution in [1.29, 1.82) is 0 Å². The van der Waals surface area contributed by atoms with Gasteiger partial charge in [0, 0.05) is 18.0 Å². The number of nitrogens with two attached hydrogens (primary N) is 1. The van der Waals surface area contributed by atoms with Gasteiger partial charge in [0.25, 0.3) is 0 Å². The molecular formula is C14H12N4. The number of para-hydroxylation sites is 1. The lowest BCUT2D eigenvalue weighted by Gasteiger charge is -2.00. The van der Waals surface area contributed by atoms with Gasteiger partial charge in [-0.2, -0.15) is 5.10 Å². The second-order valence-corrected chi connectivity index (χ2v) is 3.98. The van der Waals surface area contributed by atoms with Crippen LogP contribution in [0.3, 0.4) is 0 Å². The van der Waals surface area contributed by atoms with Crippen LogP contribution >= 0.6 is 0 Å². The van der Waals surface area contributed by atoms with Crippen LogP contribution < -0.4 is 5.73 Å². The van der Waals surface area contributed by atoms with Crippen molar-refractivity contribution in [3.8, 4) is 16.8 Å². The van der Waals surface area contributed by atoms with Gasteiger partial charge in [0.2, 0.25) is 0 Å². The summed E-state index contributed by atoms with van der Waals surface area (Å²) in [6.45, 7) is 0. The van der Waals surface area contributed by atoms with E-state index in [1.807, 2.05) is 59.5 Å². The Bertz CT molecular complexity index is 658. The van der Waals surface area contributed by atoms with Crippen molar-refractivity contribution in [1.82, 2.24) is 14.8 Å². The van der Waals surface area contributed by atoms with E-state index in [9.17, 15) is 0 Å². The first-order chi connectivity index (χ1) is 8.83. The molecule has 0 unspecified atom stereocenters. The number of hydrogen-bond donors (Lipinski definition) is 1. The van der Waals surface area contributed by atoms with E-state index in [1.54, 1.807) is 6.20 Å². The zero-order chi connectivity index (χ0) is 12.4. The topological polar surface area (TPSA) is 56.7 Å². The van der Waals surface area contributed by atoms with Gasteiger partial charge in [0.1, 0.15) is 5.82 Å². The Kier molecular flexibility index (Phi) is 2.53. The van der Waals surface area contributed by atoms with E-state index in [0.717, 1.165) is 16.8 Å². The van der Waals surface area contributed by atoms with E-state index in [0.29, 0.717) is 5.82 Å². The molecule has 3 aromatic rings. The monoisotopic (exact) mass is 236 g/mol. The highest BCUT2D eigenvalue weighted by molar-refractivity contribution is 5.64. The van der Waals surface area contributed by atoms with Crippen molar-refractivity contribution < 1.29 is 0 Å². The molecule has 2 aromatic heterocycles. The van der Waals surface area contributed by atoms with E-state index in [-0.39, 0.29) is 0 Å². The van der Waals surface area contributed by atoms with E-state index in [2.05, 4.69) is 10.1 Å². The van der Waals surface area contributed by atoms with Gasteiger partial charge in [0.05, 0.1) is 11.9 Å². The Labute approximate surface area is 105 Å². The van der Waals surface area contributed by atoms with Crippen molar-refractivity contribution in [2.45, 2.75) is 0 Å². The third-order valence-electron chi connectivity index (χ3n) is 2.72. The lowest BCUT2D eigenvalue weighted by molar-refractivity contribution is 0.881. The number of nitrogens with zero attached hydrogens (tertiary/aromatic N) is 3. The van der Waals surface area contributed by atoms with E-state index in [1.165, 1.54) is 0 Å². The zero-order valence-electron chi connectivity index (χ0n) is 9.69. The second kappa shape index (κ2) is 4.33. The first-order valence-electron chi connectivity index (χ1n) is 5.65. The maximum atomic E-state index is 5.68. The van der Waals surface area contributed by atoms with Crippen LogP contribution in [0.1, 0.15) is 0 Å². The third-order valence-corrected chi connectivity index (χ3v) is 2.72. The van der Waals surface area contributed by atoms with Crippen molar-refractivity contribution >= 4 is 5.82 Å². The first kappa shape index (κ1) is 10.5. The minimum absolute atomic E-state index is 0.514. The summed E-state index contributed by atoms with van der Waals surface area (Å²) >= 11 is 0. The molecule has 0 spiro atoms. The molecule has 0 aliphatic rings. The SMILES string of the molecule is Nc1cc(-c2cnn(-c3ccccc3)c2)ccn1. The van der Waals surface area contributed by atoms with E-state index < -0.39 is 0 Å². The van der Waals surface area contributed by atoms with Crippen LogP contribution in [0.4, 0.5) is 5.82 Å². The molecule has 3 rings (SSSR count). The second-order valence-electron chi connectivity index (χ2n) is 3.98. The molecule has 2 heterocycles. The predicted octanol–water partition coefficient (Wildman–Crippen LogP) is 2.52. The first-order valence-corrected chi connectivity index (χ1v) is 5.65. The highest BCUT2D eigenvalue weighted by Crippen LogP contribution is 2.20. The lowest BCUT2D eigenvalue weighted by atomic mass is 10.1. The minimum Gasteiger partial charge on any atom is -0.384 e. The van der Waals surface area contributed by atoms with Gasteiger partial charge >= 0.3 is 0 Å². The molecule has 18 heavy (non-hydrogen) atoms. The molecule has 88 valence electrons. The fraction of sp³-hybridized carbons (Fsp3) is 0. The average molecular weight is 236 g/mol. The smallest absolute Gasteiger partial charge is 0.123 e. The number of pyridine rings is 1. The van der Waals surface area contributed by atoms with Crippen molar-refractivity contribution in [3.63, 3.8) is 0 Å². The Morgan fingerprint density at radius 3 is 2.61 bits per heavy atom. The number of anilines is 1. The molecule has 2 N–H and O–H groups in total. The van der Waals surface area contributed by atoms with Gasteiger partial charge in [-0.15, -0.1) is 0 Å². The van der Waals surface area contributed by atoms with Crippen LogP contribution in [0.25, 0.3) is 16.8 Å². The summed E-state index contributed by atoms with van der Waals surface area (Å²) in [7, 11) is 0. The Hall–Kier alpha value is -2.62. The van der Waals surface area contributed by atoms with Crippen molar-refractivity contribution in [2.24, 2.45) is 0 Å². The fourth-order valence-corrected chi connectivity index (χ4v) is 1.82. The number of aromatic nitrogens is 3. The molecule has 0 fully saturated rings. The maximum absolute atomic E-state index is 5.68. The van der Waals surface area contributed by atoms with Gasteiger partial charge in [-0.05, 0) is 29.8 Å². The number of nitrogen functional groups attached to an aromatic ring is 1. The van der Waals surface area contributed by atoms with Crippen LogP contribution in [0.2, 0.25) is 0 Å². The van der Waals surface area contributed by atoms with Crippen LogP contribution in [0, 0.1) is 0 Å². The molecule has 0 radical (unpaired) electrons. The molecule has 0 saturated heterocycles. The molecule has 0 bridgehead atoms. The highest BCUT2D eigenvalue weighted by Gasteiger charge is 2.03. The van der Waals surface area contributed by atoms with Crippen LogP contribution in [-0.4, -0.2) is 14.8 Å². The molecule has 4 heteroatoms. The Morgan fingerprint density at radius 1 is 1.00 bits per heavy atom. The summed E-state index contributed by atoms with van der Waals surface area (Å²) < 4.78 is 1.84. The van der Waals surface area contributed by atoms with Gasteiger partial charge in [-0.3, -0.25) is 0 Å². The predicted molar refractivity (Wildman–Crippen MR) is 71.2 cm³/mol. The number of hydrogen-bond acceptors (Lipinski definition) is 3. The largest absolute Gasteiger partial charge is 0.384 e. The fourth-order valence-electron chi connectivity index (χ4n) is 1.82. The normalized spacial score (nSPS) is 10.4. The maximum Gasteiger partial charge on any atom is 0.123 e. The van der Waals surface area contributed by atoms with Crippen molar-refractivity contribution in [2.75, 3.05) is 5.73 Å². The van der Waals surface area contributed by atoms with E-state index >= 15 is 0 Å². The van der Waals surface area contributed by atoms with E-state index in [4.69, 9.17) is 5.73 Å². The third kappa shape index (κ3) is 1.96. The molecule has 0 aliphatic heterocycles. The van der Waals surface area contributed by atoms with Gasteiger partial charge in [0.15, 0.2) is 0 Å². The quantitative estimate of drug-likeness (QED) is 0.743. The number of benzene rings is 1. The number of rotatable bonds is 2. The van der Waals surface area contributed by atoms with Crippen LogP contribution in [0.15, 0.2) is 61.1 Å². The van der Waals surface area contributed by atoms with Crippen LogP contribution in [0.5, 0.6) is 0 Å². The molecule has 0 amide bonds. The summed E-state index contributed by atoms with van der Waals surface area (Å²) in [6.07, 6.45) is 5.50. The Balaban J connectivity index is 2.00. The molecule has 0 atom stereocenters. The zero-order valence-corrected chi connectivity index (χ0v) is 9.69. The summed E-state index contributed by atoms with van der Waals surface area (Å²) in [5, 5.41) is 4.35. The minimum atomic E-state index is 0.514. The summed E-state index contributed by atoms with van der Waals surface area (Å²) in [5.74, 6) is 0.514. The molecule has 4 nitrogen and oxygen atoms in total. The summed E-state index contributed by atoms with van der Waals surface area (Å²) in [4.78, 5) is 3.98. The highest BCUT2D eigenvalue weighted by atomic mass is 15.3. The molecular weight excluding hydrogens is 224 g/mol. The standard InChI is InChI=1S/C14H12N4/c15-14-8-11(6-7-16-14)12-9-17-18(10-12)13-4-2-1-3-5-13/h1-10H,(H2,15,16). The van der Waals surface area contributed by atoms with Crippen molar-refractivity contribution in [3.05, 3.63) is 61.1 Å². The Morgan fingerprint density at radius 2 is 1.83 bits per heavy atom. The van der Waals surface area contributed by atoms with Gasteiger partial charge in [-0.1, -0.05) is 18.2 Å². The van der Waals surface area contributed by atoms with Gasteiger partial charge in [-0.25, -0.2) is 9.67 Å². The molecule has 1 aromatic carbocycles. The molecule has 0 saturated carbocycles. The summed E-state index contributed by atoms with van der Waals surface area (Å²) in [6, 6.07) is 13.7. The van der Waals surface area contributed by atoms with Crippen LogP contribution in [-0.2, 0) is 0 Å². The summed E-state index contributed by atoms with van der Waals surface area (Å²) in [5.41, 5.74) is 8.75. The average Bonchev–Trinajstić information content (AvgIpc) is 2.89.